The zero-order chi connectivity index (χ0) is 17.9. The largest absolute Gasteiger partial charge is 0.504 e. The van der Waals surface area contributed by atoms with Crippen molar-refractivity contribution in [3.05, 3.63) is 35.0 Å². The highest BCUT2D eigenvalue weighted by atomic mass is 32.1. The third-order valence-electron chi connectivity index (χ3n) is 3.57. The highest BCUT2D eigenvalue weighted by molar-refractivity contribution is 7.80. The molecule has 0 aromatic heterocycles. The first-order chi connectivity index (χ1) is 11.3. The Balaban J connectivity index is 2.39. The van der Waals surface area contributed by atoms with Gasteiger partial charge in [0.15, 0.2) is 16.6 Å². The number of phenols is 1. The second-order valence-electron chi connectivity index (χ2n) is 5.99. The number of thiocarbonyl (C=S) groups is 1. The van der Waals surface area contributed by atoms with Gasteiger partial charge in [-0.05, 0) is 42.8 Å². The van der Waals surface area contributed by atoms with Gasteiger partial charge in [0.05, 0.1) is 25.3 Å². The normalized spacial score (nSPS) is 17.4. The summed E-state index contributed by atoms with van der Waals surface area (Å²) in [7, 11) is 1.47. The number of aromatic hydroxyl groups is 1. The van der Waals surface area contributed by atoms with Crippen LogP contribution in [-0.4, -0.2) is 29.9 Å². The van der Waals surface area contributed by atoms with Crippen LogP contribution in [0.15, 0.2) is 29.5 Å². The molecule has 0 aliphatic carbocycles. The predicted octanol–water partition coefficient (Wildman–Crippen LogP) is 2.39. The molecule has 0 saturated carbocycles. The SMILES string of the molecule is COc1cc([C@H]2NC(=S)NC(C)=C2C(=O)OCC(C)C)ccc1O. The van der Waals surface area contributed by atoms with Gasteiger partial charge in [-0.25, -0.2) is 4.79 Å². The Hall–Kier alpha value is -2.28. The number of carbonyl (C=O) groups is 1. The van der Waals surface area contributed by atoms with Gasteiger partial charge >= 0.3 is 5.97 Å². The van der Waals surface area contributed by atoms with Gasteiger partial charge in [-0.1, -0.05) is 19.9 Å². The summed E-state index contributed by atoms with van der Waals surface area (Å²) >= 11 is 5.20. The summed E-state index contributed by atoms with van der Waals surface area (Å²) in [4.78, 5) is 12.5. The molecule has 0 radical (unpaired) electrons. The lowest BCUT2D eigenvalue weighted by atomic mass is 9.95. The minimum Gasteiger partial charge on any atom is -0.504 e. The number of methoxy groups -OCH3 is 1. The molecular weight excluding hydrogens is 328 g/mol. The monoisotopic (exact) mass is 350 g/mol. The highest BCUT2D eigenvalue weighted by Gasteiger charge is 2.31. The van der Waals surface area contributed by atoms with Crippen molar-refractivity contribution in [3.63, 3.8) is 0 Å². The number of nitrogens with one attached hydrogen (secondary N) is 2. The summed E-state index contributed by atoms with van der Waals surface area (Å²) in [6, 6.07) is 4.43. The predicted molar refractivity (Wildman–Crippen MR) is 94.8 cm³/mol. The van der Waals surface area contributed by atoms with Crippen molar-refractivity contribution in [2.75, 3.05) is 13.7 Å². The molecule has 2 rings (SSSR count). The molecule has 6 nitrogen and oxygen atoms in total. The molecule has 0 unspecified atom stereocenters. The molecule has 0 amide bonds. The van der Waals surface area contributed by atoms with Crippen LogP contribution in [0.4, 0.5) is 0 Å². The van der Waals surface area contributed by atoms with Gasteiger partial charge in [-0.15, -0.1) is 0 Å². The first-order valence-electron chi connectivity index (χ1n) is 7.65. The van der Waals surface area contributed by atoms with Crippen LogP contribution in [0.25, 0.3) is 0 Å². The van der Waals surface area contributed by atoms with Crippen molar-refractivity contribution < 1.29 is 19.4 Å². The van der Waals surface area contributed by atoms with Gasteiger partial charge in [0.1, 0.15) is 0 Å². The average molecular weight is 350 g/mol. The molecule has 1 aliphatic rings. The van der Waals surface area contributed by atoms with Crippen LogP contribution in [0, 0.1) is 5.92 Å². The molecule has 0 spiro atoms. The lowest BCUT2D eigenvalue weighted by Gasteiger charge is -2.30. The fourth-order valence-electron chi connectivity index (χ4n) is 2.41. The maximum absolute atomic E-state index is 12.5. The molecule has 1 aliphatic heterocycles. The maximum Gasteiger partial charge on any atom is 0.338 e. The molecule has 1 atom stereocenters. The number of benzene rings is 1. The first-order valence-corrected chi connectivity index (χ1v) is 8.06. The number of rotatable bonds is 5. The topological polar surface area (TPSA) is 79.8 Å². The van der Waals surface area contributed by atoms with E-state index in [2.05, 4.69) is 10.6 Å². The van der Waals surface area contributed by atoms with Crippen molar-refractivity contribution in [1.82, 2.24) is 10.6 Å². The van der Waals surface area contributed by atoms with Gasteiger partial charge in [0.25, 0.3) is 0 Å². The van der Waals surface area contributed by atoms with E-state index in [1.165, 1.54) is 13.2 Å². The van der Waals surface area contributed by atoms with Gasteiger partial charge < -0.3 is 25.2 Å². The Morgan fingerprint density at radius 3 is 2.75 bits per heavy atom. The van der Waals surface area contributed by atoms with Gasteiger partial charge in [-0.2, -0.15) is 0 Å². The standard InChI is InChI=1S/C17H22N2O4S/c1-9(2)8-23-16(21)14-10(3)18-17(24)19-15(14)11-5-6-12(20)13(7-11)22-4/h5-7,9,15,20H,8H2,1-4H3,(H2,18,19,24)/t15-/m1/s1. The van der Waals surface area contributed by atoms with Crippen LogP contribution >= 0.6 is 12.2 Å². The third-order valence-corrected chi connectivity index (χ3v) is 3.79. The molecule has 0 bridgehead atoms. The fourth-order valence-corrected chi connectivity index (χ4v) is 2.68. The summed E-state index contributed by atoms with van der Waals surface area (Å²) in [6.07, 6.45) is 0. The van der Waals surface area contributed by atoms with Crippen LogP contribution in [-0.2, 0) is 9.53 Å². The fraction of sp³-hybridized carbons (Fsp3) is 0.412. The van der Waals surface area contributed by atoms with E-state index in [1.807, 2.05) is 13.8 Å². The minimum atomic E-state index is -0.479. The second-order valence-corrected chi connectivity index (χ2v) is 6.40. The van der Waals surface area contributed by atoms with E-state index < -0.39 is 12.0 Å². The highest BCUT2D eigenvalue weighted by Crippen LogP contribution is 2.33. The number of phenolic OH excluding ortho intramolecular Hbond substituents is 1. The molecule has 0 saturated heterocycles. The molecule has 1 heterocycles. The Bertz CT molecular complexity index is 685. The molecule has 1 aromatic rings. The van der Waals surface area contributed by atoms with Crippen molar-refractivity contribution in [2.45, 2.75) is 26.8 Å². The van der Waals surface area contributed by atoms with Crippen LogP contribution in [0.2, 0.25) is 0 Å². The number of hydrogen-bond donors (Lipinski definition) is 3. The van der Waals surface area contributed by atoms with E-state index >= 15 is 0 Å². The van der Waals surface area contributed by atoms with Gasteiger partial charge in [0, 0.05) is 5.70 Å². The molecular formula is C17H22N2O4S. The number of ether oxygens (including phenoxy) is 2. The number of allylic oxidation sites excluding steroid dienone is 1. The summed E-state index contributed by atoms with van der Waals surface area (Å²) in [5, 5.41) is 16.2. The summed E-state index contributed by atoms with van der Waals surface area (Å²) < 4.78 is 10.5. The summed E-state index contributed by atoms with van der Waals surface area (Å²) in [5.41, 5.74) is 1.84. The van der Waals surface area contributed by atoms with Crippen LogP contribution < -0.4 is 15.4 Å². The third kappa shape index (κ3) is 3.97. The van der Waals surface area contributed by atoms with Crippen LogP contribution in [0.3, 0.4) is 0 Å². The summed E-state index contributed by atoms with van der Waals surface area (Å²) in [5.74, 6) is 0.196. The number of hydrogen-bond acceptors (Lipinski definition) is 5. The van der Waals surface area contributed by atoms with E-state index in [1.54, 1.807) is 19.1 Å². The van der Waals surface area contributed by atoms with E-state index in [0.29, 0.717) is 28.7 Å². The molecule has 1 aromatic carbocycles. The minimum absolute atomic E-state index is 0.0300. The van der Waals surface area contributed by atoms with Gasteiger partial charge in [0.2, 0.25) is 0 Å². The maximum atomic E-state index is 12.5. The second kappa shape index (κ2) is 7.53. The Labute approximate surface area is 146 Å². The van der Waals surface area contributed by atoms with Crippen molar-refractivity contribution in [2.24, 2.45) is 5.92 Å². The molecule has 130 valence electrons. The molecule has 3 N–H and O–H groups in total. The Morgan fingerprint density at radius 1 is 1.42 bits per heavy atom. The van der Waals surface area contributed by atoms with Gasteiger partial charge in [-0.3, -0.25) is 0 Å². The zero-order valence-corrected chi connectivity index (χ0v) is 15.0. The van der Waals surface area contributed by atoms with Crippen molar-refractivity contribution in [1.29, 1.82) is 0 Å². The lowest BCUT2D eigenvalue weighted by molar-refractivity contribution is -0.140. The molecule has 7 heteroatoms. The van der Waals surface area contributed by atoms with E-state index in [-0.39, 0.29) is 11.7 Å². The smallest absolute Gasteiger partial charge is 0.338 e. The van der Waals surface area contributed by atoms with E-state index in [0.717, 1.165) is 5.56 Å². The van der Waals surface area contributed by atoms with Crippen LogP contribution in [0.5, 0.6) is 11.5 Å². The quantitative estimate of drug-likeness (QED) is 0.556. The van der Waals surface area contributed by atoms with E-state index in [9.17, 15) is 9.90 Å². The number of esters is 1. The summed E-state index contributed by atoms with van der Waals surface area (Å²) in [6.45, 7) is 6.07. The first kappa shape index (κ1) is 18.1. The lowest BCUT2D eigenvalue weighted by Crippen LogP contribution is -2.45. The number of carbonyl (C=O) groups excluding carboxylic acids is 1. The molecule has 24 heavy (non-hydrogen) atoms. The van der Waals surface area contributed by atoms with Crippen molar-refractivity contribution in [3.8, 4) is 11.5 Å². The molecule has 0 fully saturated rings. The Kier molecular flexibility index (Phi) is 5.66. The van der Waals surface area contributed by atoms with Crippen LogP contribution in [0.1, 0.15) is 32.4 Å². The van der Waals surface area contributed by atoms with E-state index in [4.69, 9.17) is 21.7 Å². The zero-order valence-electron chi connectivity index (χ0n) is 14.2. The Morgan fingerprint density at radius 2 is 2.12 bits per heavy atom. The van der Waals surface area contributed by atoms with Crippen molar-refractivity contribution >= 4 is 23.3 Å². The average Bonchev–Trinajstić information content (AvgIpc) is 2.52.